The molecule has 0 spiro atoms. The van der Waals surface area contributed by atoms with Crippen LogP contribution in [-0.4, -0.2) is 0 Å². The molecule has 0 fully saturated rings. The fourth-order valence-electron chi connectivity index (χ4n) is 9.05. The van der Waals surface area contributed by atoms with Crippen LogP contribution in [0.2, 0.25) is 0 Å². The lowest BCUT2D eigenvalue weighted by Crippen LogP contribution is -1.94. The van der Waals surface area contributed by atoms with E-state index in [0.717, 1.165) is 12.8 Å². The molecule has 54 heavy (non-hydrogen) atoms. The molecular formula is C54H36. The number of hydrogen-bond acceptors (Lipinski definition) is 0. The highest BCUT2D eigenvalue weighted by Crippen LogP contribution is 2.46. The average molecular weight is 685 g/mol. The van der Waals surface area contributed by atoms with Crippen LogP contribution in [0, 0.1) is 0 Å². The van der Waals surface area contributed by atoms with Gasteiger partial charge in [-0.2, -0.15) is 0 Å². The zero-order valence-corrected chi connectivity index (χ0v) is 29.9. The van der Waals surface area contributed by atoms with Gasteiger partial charge in [-0.3, -0.25) is 0 Å². The highest BCUT2D eigenvalue weighted by Gasteiger charge is 2.19. The molecule has 0 saturated heterocycles. The molecule has 1 aliphatic carbocycles. The molecule has 0 nitrogen and oxygen atoms in total. The van der Waals surface area contributed by atoms with E-state index in [1.165, 1.54) is 109 Å². The molecule has 10 aromatic rings. The molecular weight excluding hydrogens is 649 g/mol. The first-order chi connectivity index (χ1) is 26.8. The fraction of sp³-hybridized carbons (Fsp3) is 0.0370. The van der Waals surface area contributed by atoms with Gasteiger partial charge in [0.15, 0.2) is 0 Å². The van der Waals surface area contributed by atoms with Gasteiger partial charge in [-0.05, 0) is 147 Å². The average Bonchev–Trinajstić information content (AvgIpc) is 3.24. The third-order valence-electron chi connectivity index (χ3n) is 11.7. The van der Waals surface area contributed by atoms with Crippen molar-refractivity contribution in [1.29, 1.82) is 0 Å². The van der Waals surface area contributed by atoms with Gasteiger partial charge in [-0.15, -0.1) is 0 Å². The van der Waals surface area contributed by atoms with Crippen molar-refractivity contribution in [2.75, 3.05) is 0 Å². The predicted molar refractivity (Wildman–Crippen MR) is 233 cm³/mol. The Labute approximate surface area is 315 Å². The van der Waals surface area contributed by atoms with Crippen molar-refractivity contribution in [3.63, 3.8) is 0 Å². The highest BCUT2D eigenvalue weighted by molar-refractivity contribution is 6.24. The van der Waals surface area contributed by atoms with Gasteiger partial charge in [0, 0.05) is 0 Å². The van der Waals surface area contributed by atoms with Crippen molar-refractivity contribution >= 4 is 59.9 Å². The van der Waals surface area contributed by atoms with E-state index in [1.54, 1.807) is 0 Å². The Kier molecular flexibility index (Phi) is 7.10. The smallest absolute Gasteiger partial charge is 0.00201 e. The van der Waals surface area contributed by atoms with Gasteiger partial charge in [0.2, 0.25) is 0 Å². The quantitative estimate of drug-likeness (QED) is 0.162. The van der Waals surface area contributed by atoms with Crippen LogP contribution in [0.25, 0.3) is 104 Å². The molecule has 0 heteroatoms. The summed E-state index contributed by atoms with van der Waals surface area (Å²) in [4.78, 5) is 0. The number of rotatable bonds is 4. The summed E-state index contributed by atoms with van der Waals surface area (Å²) in [6.45, 7) is 0. The van der Waals surface area contributed by atoms with E-state index in [0.29, 0.717) is 0 Å². The van der Waals surface area contributed by atoms with Crippen LogP contribution >= 0.6 is 0 Å². The normalized spacial score (nSPS) is 12.6. The van der Waals surface area contributed by atoms with Crippen molar-refractivity contribution in [3.8, 4) is 44.5 Å². The monoisotopic (exact) mass is 684 g/mol. The third kappa shape index (κ3) is 4.99. The second kappa shape index (κ2) is 12.4. The van der Waals surface area contributed by atoms with Crippen molar-refractivity contribution in [1.82, 2.24) is 0 Å². The summed E-state index contributed by atoms with van der Waals surface area (Å²) >= 11 is 0. The summed E-state index contributed by atoms with van der Waals surface area (Å²) in [7, 11) is 0. The van der Waals surface area contributed by atoms with E-state index in [1.807, 2.05) is 0 Å². The molecule has 0 aliphatic heterocycles. The Morgan fingerprint density at radius 2 is 0.833 bits per heavy atom. The second-order valence-corrected chi connectivity index (χ2v) is 14.7. The first-order valence-electron chi connectivity index (χ1n) is 19.1. The number of fused-ring (bicyclic) bond motifs is 6. The third-order valence-corrected chi connectivity index (χ3v) is 11.7. The predicted octanol–water partition coefficient (Wildman–Crippen LogP) is 15.1. The molecule has 0 unspecified atom stereocenters. The largest absolute Gasteiger partial charge is 0.0836 e. The van der Waals surface area contributed by atoms with Crippen LogP contribution in [0.3, 0.4) is 0 Å². The Morgan fingerprint density at radius 3 is 1.59 bits per heavy atom. The first-order valence-corrected chi connectivity index (χ1v) is 19.1. The minimum Gasteiger partial charge on any atom is -0.0836 e. The molecule has 0 heterocycles. The van der Waals surface area contributed by atoms with Gasteiger partial charge in [0.25, 0.3) is 0 Å². The maximum absolute atomic E-state index is 2.40. The molecule has 1 aliphatic rings. The number of aryl methyl sites for hydroxylation is 1. The molecule has 10 aromatic carbocycles. The van der Waals surface area contributed by atoms with Gasteiger partial charge in [-0.1, -0.05) is 170 Å². The number of allylic oxidation sites excluding steroid dienone is 1. The van der Waals surface area contributed by atoms with E-state index in [4.69, 9.17) is 0 Å². The van der Waals surface area contributed by atoms with Gasteiger partial charge in [0.1, 0.15) is 0 Å². The van der Waals surface area contributed by atoms with Crippen LogP contribution in [0.1, 0.15) is 17.5 Å². The molecule has 0 amide bonds. The molecule has 0 bridgehead atoms. The Bertz CT molecular complexity index is 3100. The lowest BCUT2D eigenvalue weighted by Gasteiger charge is -2.19. The highest BCUT2D eigenvalue weighted by atomic mass is 14.2. The van der Waals surface area contributed by atoms with E-state index in [-0.39, 0.29) is 0 Å². The maximum atomic E-state index is 2.40. The molecule has 0 radical (unpaired) electrons. The summed E-state index contributed by atoms with van der Waals surface area (Å²) in [5, 5.41) is 12.6. The lowest BCUT2D eigenvalue weighted by atomic mass is 9.83. The molecule has 0 aromatic heterocycles. The van der Waals surface area contributed by atoms with Crippen LogP contribution in [0.4, 0.5) is 0 Å². The zero-order valence-electron chi connectivity index (χ0n) is 29.9. The van der Waals surface area contributed by atoms with E-state index in [2.05, 4.69) is 194 Å². The Balaban J connectivity index is 1.11. The van der Waals surface area contributed by atoms with Gasteiger partial charge < -0.3 is 0 Å². The van der Waals surface area contributed by atoms with Crippen LogP contribution in [0.5, 0.6) is 0 Å². The summed E-state index contributed by atoms with van der Waals surface area (Å²) in [5.41, 5.74) is 12.9. The number of benzene rings is 10. The minimum absolute atomic E-state index is 1.13. The molecule has 11 rings (SSSR count). The first kappa shape index (κ1) is 30.8. The fourth-order valence-corrected chi connectivity index (χ4v) is 9.05. The molecule has 0 atom stereocenters. The van der Waals surface area contributed by atoms with Crippen LogP contribution < -0.4 is 0 Å². The lowest BCUT2D eigenvalue weighted by molar-refractivity contribution is 0.986. The maximum Gasteiger partial charge on any atom is -0.00201 e. The van der Waals surface area contributed by atoms with Gasteiger partial charge >= 0.3 is 0 Å². The Hall–Kier alpha value is -6.76. The summed E-state index contributed by atoms with van der Waals surface area (Å²) in [6.07, 6.45) is 6.83. The van der Waals surface area contributed by atoms with Crippen molar-refractivity contribution in [2.24, 2.45) is 0 Å². The van der Waals surface area contributed by atoms with Crippen molar-refractivity contribution < 1.29 is 0 Å². The summed E-state index contributed by atoms with van der Waals surface area (Å²) in [6, 6.07) is 68.0. The van der Waals surface area contributed by atoms with E-state index in [9.17, 15) is 0 Å². The Morgan fingerprint density at radius 1 is 0.315 bits per heavy atom. The van der Waals surface area contributed by atoms with Crippen molar-refractivity contribution in [2.45, 2.75) is 12.8 Å². The summed E-state index contributed by atoms with van der Waals surface area (Å²) in [5.74, 6) is 0. The molecule has 0 saturated carbocycles. The van der Waals surface area contributed by atoms with Crippen molar-refractivity contribution in [3.05, 3.63) is 199 Å². The SMILES string of the molecule is C1=Cc2cc(-c3ccc4ccc(-c5c6ccccc6c(-c6cccc7c(-c8ccc9ccccc9c8)cccc67)c6ccccc56)cc4c3)ccc2CC1. The second-order valence-electron chi connectivity index (χ2n) is 14.7. The minimum atomic E-state index is 1.13. The standard InChI is InChI=1S/C54H36/c1-3-13-38-31-40(27-23-35(38)11-1)41-28-24-37-26-30-43(34-44(37)33-41)53-49-15-5-7-17-51(49)54(52-18-8-6-16-50(52)53)48-22-10-20-46-45(19-9-21-47(46)48)42-29-25-36-12-2-4-14-39(36)32-42/h2-10,12-34H,1,11H2. The van der Waals surface area contributed by atoms with Gasteiger partial charge in [-0.25, -0.2) is 0 Å². The van der Waals surface area contributed by atoms with E-state index >= 15 is 0 Å². The molecule has 0 N–H and O–H groups in total. The zero-order chi connectivity index (χ0) is 35.6. The van der Waals surface area contributed by atoms with Crippen LogP contribution in [-0.2, 0) is 6.42 Å². The summed E-state index contributed by atoms with van der Waals surface area (Å²) < 4.78 is 0. The van der Waals surface area contributed by atoms with Gasteiger partial charge in [0.05, 0.1) is 0 Å². The molecule has 252 valence electrons. The van der Waals surface area contributed by atoms with Crippen LogP contribution in [0.15, 0.2) is 188 Å². The number of hydrogen-bond donors (Lipinski definition) is 0. The topological polar surface area (TPSA) is 0 Å². The van der Waals surface area contributed by atoms with E-state index < -0.39 is 0 Å².